The average Bonchev–Trinajstić information content (AvgIpc) is 2.83. The first-order valence-corrected chi connectivity index (χ1v) is 10.2. The van der Waals surface area contributed by atoms with E-state index in [9.17, 15) is 0 Å². The first-order valence-electron chi connectivity index (χ1n) is 8.67. The third-order valence-electron chi connectivity index (χ3n) is 4.38. The number of halogens is 2. The van der Waals surface area contributed by atoms with Crippen LogP contribution in [0.3, 0.4) is 0 Å². The summed E-state index contributed by atoms with van der Waals surface area (Å²) in [6.07, 6.45) is 1.07. The van der Waals surface area contributed by atoms with Gasteiger partial charge in [-0.2, -0.15) is 0 Å². The molecule has 138 valence electrons. The highest BCUT2D eigenvalue weighted by Crippen LogP contribution is 2.26. The van der Waals surface area contributed by atoms with Crippen molar-refractivity contribution in [1.29, 1.82) is 0 Å². The van der Waals surface area contributed by atoms with E-state index in [0.29, 0.717) is 5.02 Å². The zero-order valence-electron chi connectivity index (χ0n) is 14.7. The van der Waals surface area contributed by atoms with Gasteiger partial charge in [-0.1, -0.05) is 33.6 Å². The minimum absolute atomic E-state index is 0.656. The van der Waals surface area contributed by atoms with Crippen LogP contribution in [-0.4, -0.2) is 46.1 Å². The van der Waals surface area contributed by atoms with E-state index in [0.717, 1.165) is 65.8 Å². The molecule has 4 nitrogen and oxygen atoms in total. The molecule has 0 bridgehead atoms. The predicted octanol–water partition coefficient (Wildman–Crippen LogP) is 4.71. The highest BCUT2D eigenvalue weighted by Gasteiger charge is 2.18. The molecule has 2 aromatic rings. The molecule has 0 saturated carbocycles. The molecule has 1 N–H and O–H groups in total. The van der Waals surface area contributed by atoms with Crippen LogP contribution in [0.5, 0.6) is 0 Å². The van der Waals surface area contributed by atoms with Crippen molar-refractivity contribution in [2.45, 2.75) is 19.9 Å². The summed E-state index contributed by atoms with van der Waals surface area (Å²) in [6.45, 7) is 6.77. The van der Waals surface area contributed by atoms with E-state index in [1.165, 1.54) is 0 Å². The lowest BCUT2D eigenvalue weighted by Crippen LogP contribution is -2.37. The van der Waals surface area contributed by atoms with Gasteiger partial charge < -0.3 is 10.2 Å². The van der Waals surface area contributed by atoms with Gasteiger partial charge in [-0.15, -0.1) is 0 Å². The Labute approximate surface area is 173 Å². The highest BCUT2D eigenvalue weighted by atomic mass is 79.9. The lowest BCUT2D eigenvalue weighted by atomic mass is 10.3. The Bertz CT molecular complexity index is 786. The van der Waals surface area contributed by atoms with Crippen molar-refractivity contribution in [2.75, 3.05) is 31.5 Å². The summed E-state index contributed by atoms with van der Waals surface area (Å²) in [6, 6.07) is 12.0. The molecule has 2 heterocycles. The van der Waals surface area contributed by atoms with Crippen LogP contribution in [0.4, 0.5) is 5.69 Å². The van der Waals surface area contributed by atoms with Crippen LogP contribution in [0.15, 0.2) is 40.9 Å². The number of benzene rings is 1. The fourth-order valence-electron chi connectivity index (χ4n) is 3.03. The number of aryl methyl sites for hydroxylation is 1. The summed E-state index contributed by atoms with van der Waals surface area (Å²) < 4.78 is 0.953. The summed E-state index contributed by atoms with van der Waals surface area (Å²) in [4.78, 5) is 9.27. The fourth-order valence-corrected chi connectivity index (χ4v) is 4.05. The summed E-state index contributed by atoms with van der Waals surface area (Å²) in [5.74, 6) is 0. The van der Waals surface area contributed by atoms with Gasteiger partial charge in [0.1, 0.15) is 0 Å². The lowest BCUT2D eigenvalue weighted by molar-refractivity contribution is 0.275. The predicted molar refractivity (Wildman–Crippen MR) is 116 cm³/mol. The molecule has 1 aromatic heterocycles. The van der Waals surface area contributed by atoms with Gasteiger partial charge in [0.15, 0.2) is 5.11 Å². The summed E-state index contributed by atoms with van der Waals surface area (Å²) in [7, 11) is 0. The van der Waals surface area contributed by atoms with Crippen LogP contribution in [0, 0.1) is 6.92 Å². The molecular weight excluding hydrogens is 432 g/mol. The maximum absolute atomic E-state index is 6.29. The second-order valence-corrected chi connectivity index (χ2v) is 8.15. The van der Waals surface area contributed by atoms with Crippen LogP contribution < -0.4 is 5.32 Å². The minimum Gasteiger partial charge on any atom is -0.348 e. The van der Waals surface area contributed by atoms with Gasteiger partial charge in [-0.05, 0) is 55.9 Å². The van der Waals surface area contributed by atoms with Crippen LogP contribution >= 0.6 is 39.7 Å². The second-order valence-electron chi connectivity index (χ2n) is 6.44. The number of pyridine rings is 1. The van der Waals surface area contributed by atoms with E-state index in [1.807, 2.05) is 31.2 Å². The molecule has 0 radical (unpaired) electrons. The van der Waals surface area contributed by atoms with E-state index in [4.69, 9.17) is 23.8 Å². The third-order valence-corrected chi connectivity index (χ3v) is 5.55. The van der Waals surface area contributed by atoms with Crippen molar-refractivity contribution in [2.24, 2.45) is 0 Å². The van der Waals surface area contributed by atoms with Gasteiger partial charge in [0, 0.05) is 42.9 Å². The van der Waals surface area contributed by atoms with Gasteiger partial charge in [-0.25, -0.2) is 0 Å². The van der Waals surface area contributed by atoms with Gasteiger partial charge in [0.2, 0.25) is 0 Å². The van der Waals surface area contributed by atoms with Crippen molar-refractivity contribution in [1.82, 2.24) is 14.8 Å². The zero-order chi connectivity index (χ0) is 18.5. The van der Waals surface area contributed by atoms with Gasteiger partial charge in [-0.3, -0.25) is 9.88 Å². The monoisotopic (exact) mass is 452 g/mol. The Balaban J connectivity index is 1.56. The molecule has 1 fully saturated rings. The Morgan fingerprint density at radius 1 is 1.23 bits per heavy atom. The average molecular weight is 454 g/mol. The van der Waals surface area contributed by atoms with Crippen molar-refractivity contribution in [3.63, 3.8) is 0 Å². The molecule has 1 aromatic carbocycles. The number of hydrogen-bond acceptors (Lipinski definition) is 3. The molecule has 0 atom stereocenters. The van der Waals surface area contributed by atoms with Crippen LogP contribution in [0.1, 0.15) is 17.8 Å². The van der Waals surface area contributed by atoms with Crippen LogP contribution in [0.2, 0.25) is 5.02 Å². The van der Waals surface area contributed by atoms with Crippen molar-refractivity contribution in [3.8, 4) is 0 Å². The Morgan fingerprint density at radius 2 is 2.08 bits per heavy atom. The standard InChI is InChI=1S/C19H22BrClN4S/c1-14-4-2-5-16(22-14)13-24-8-3-9-25(11-10-24)19(26)23-18-7-6-15(20)12-17(18)21/h2,4-7,12H,3,8-11,13H2,1H3,(H,23,26). The van der Waals surface area contributed by atoms with E-state index in [-0.39, 0.29) is 0 Å². The topological polar surface area (TPSA) is 31.4 Å². The number of rotatable bonds is 3. The maximum Gasteiger partial charge on any atom is 0.173 e. The molecule has 1 aliphatic rings. The summed E-state index contributed by atoms with van der Waals surface area (Å²) >= 11 is 15.3. The van der Waals surface area contributed by atoms with E-state index < -0.39 is 0 Å². The maximum atomic E-state index is 6.29. The molecule has 0 amide bonds. The second kappa shape index (κ2) is 9.13. The normalized spacial score (nSPS) is 15.6. The number of nitrogens with one attached hydrogen (secondary N) is 1. The largest absolute Gasteiger partial charge is 0.348 e. The molecule has 26 heavy (non-hydrogen) atoms. The quantitative estimate of drug-likeness (QED) is 0.680. The number of hydrogen-bond donors (Lipinski definition) is 1. The molecule has 7 heteroatoms. The van der Waals surface area contributed by atoms with E-state index in [2.05, 4.69) is 48.2 Å². The van der Waals surface area contributed by atoms with Gasteiger partial charge >= 0.3 is 0 Å². The van der Waals surface area contributed by atoms with Gasteiger partial charge in [0.25, 0.3) is 0 Å². The number of thiocarbonyl (C=S) groups is 1. The van der Waals surface area contributed by atoms with E-state index in [1.54, 1.807) is 0 Å². The van der Waals surface area contributed by atoms with Crippen LogP contribution in [0.25, 0.3) is 0 Å². The molecule has 1 saturated heterocycles. The van der Waals surface area contributed by atoms with Crippen molar-refractivity contribution < 1.29 is 0 Å². The molecule has 0 unspecified atom stereocenters. The molecule has 1 aliphatic heterocycles. The molecular formula is C19H22BrClN4S. The first kappa shape index (κ1) is 19.5. The van der Waals surface area contributed by atoms with Crippen molar-refractivity contribution in [3.05, 3.63) is 57.3 Å². The molecule has 0 aliphatic carbocycles. The number of aromatic nitrogens is 1. The fraction of sp³-hybridized carbons (Fsp3) is 0.368. The third kappa shape index (κ3) is 5.39. The van der Waals surface area contributed by atoms with Crippen molar-refractivity contribution >= 4 is 50.5 Å². The Hall–Kier alpha value is -1.21. The Kier molecular flexibility index (Phi) is 6.86. The highest BCUT2D eigenvalue weighted by molar-refractivity contribution is 9.10. The Morgan fingerprint density at radius 3 is 2.85 bits per heavy atom. The number of nitrogens with zero attached hydrogens (tertiary/aromatic N) is 3. The molecule has 3 rings (SSSR count). The summed E-state index contributed by atoms with van der Waals surface area (Å²) in [5.41, 5.74) is 3.03. The summed E-state index contributed by atoms with van der Waals surface area (Å²) in [5, 5.41) is 4.66. The smallest absolute Gasteiger partial charge is 0.173 e. The molecule has 0 spiro atoms. The SMILES string of the molecule is Cc1cccc(CN2CCCN(C(=S)Nc3ccc(Br)cc3Cl)CC2)n1. The first-order chi connectivity index (χ1) is 12.5. The number of anilines is 1. The van der Waals surface area contributed by atoms with Gasteiger partial charge in [0.05, 0.1) is 16.4 Å². The minimum atomic E-state index is 0.656. The lowest BCUT2D eigenvalue weighted by Gasteiger charge is -2.25. The van der Waals surface area contributed by atoms with E-state index >= 15 is 0 Å². The zero-order valence-corrected chi connectivity index (χ0v) is 17.9. The van der Waals surface area contributed by atoms with Crippen LogP contribution in [-0.2, 0) is 6.54 Å².